The van der Waals surface area contributed by atoms with Crippen LogP contribution in [0.25, 0.3) is 22.8 Å². The minimum absolute atomic E-state index is 0.0795. The average Bonchev–Trinajstić information content (AvgIpc) is 3.44. The number of nitrogens with zero attached hydrogens (tertiary/aromatic N) is 2. The molecule has 0 N–H and O–H groups in total. The molecule has 1 heterocycles. The molecule has 0 unspecified atom stereocenters. The van der Waals surface area contributed by atoms with Crippen LogP contribution in [0.5, 0.6) is 5.75 Å². The number of hydrogen-bond donors (Lipinski definition) is 0. The summed E-state index contributed by atoms with van der Waals surface area (Å²) >= 11 is 0. The molecule has 1 amide bonds. The first kappa shape index (κ1) is 24.1. The van der Waals surface area contributed by atoms with Crippen molar-refractivity contribution in [3.8, 4) is 28.5 Å². The van der Waals surface area contributed by atoms with E-state index < -0.39 is 0 Å². The van der Waals surface area contributed by atoms with Gasteiger partial charge in [-0.25, -0.2) is 4.98 Å². The first-order valence-corrected chi connectivity index (χ1v) is 12.4. The summed E-state index contributed by atoms with van der Waals surface area (Å²) < 4.78 is 11.7. The van der Waals surface area contributed by atoms with Crippen molar-refractivity contribution in [2.24, 2.45) is 0 Å². The van der Waals surface area contributed by atoms with E-state index in [0.717, 1.165) is 22.4 Å². The van der Waals surface area contributed by atoms with Crippen LogP contribution in [0, 0.1) is 0 Å². The highest BCUT2D eigenvalue weighted by Crippen LogP contribution is 2.30. The third-order valence-electron chi connectivity index (χ3n) is 6.06. The lowest BCUT2D eigenvalue weighted by atomic mass is 10.0. The monoisotopic (exact) mass is 488 g/mol. The van der Waals surface area contributed by atoms with Gasteiger partial charge in [-0.15, -0.1) is 0 Å². The van der Waals surface area contributed by atoms with Crippen LogP contribution < -0.4 is 4.74 Å². The highest BCUT2D eigenvalue weighted by molar-refractivity contribution is 6.00. The lowest BCUT2D eigenvalue weighted by Crippen LogP contribution is -2.30. The molecule has 0 aliphatic heterocycles. The molecule has 0 fully saturated rings. The van der Waals surface area contributed by atoms with Gasteiger partial charge in [0.15, 0.2) is 5.76 Å². The molecule has 0 aliphatic rings. The number of ether oxygens (including phenoxy) is 1. The van der Waals surface area contributed by atoms with E-state index >= 15 is 0 Å². The summed E-state index contributed by atoms with van der Waals surface area (Å²) in [5.74, 6) is 1.76. The second kappa shape index (κ2) is 11.4. The Labute approximate surface area is 217 Å². The summed E-state index contributed by atoms with van der Waals surface area (Å²) in [5.41, 5.74) is 4.24. The molecule has 4 aromatic carbocycles. The van der Waals surface area contributed by atoms with Crippen molar-refractivity contribution >= 4 is 5.91 Å². The highest BCUT2D eigenvalue weighted by Gasteiger charge is 2.22. The molecule has 1 aromatic heterocycles. The van der Waals surface area contributed by atoms with Crippen molar-refractivity contribution in [2.45, 2.75) is 20.0 Å². The molecule has 37 heavy (non-hydrogen) atoms. The van der Waals surface area contributed by atoms with Gasteiger partial charge in [0, 0.05) is 24.2 Å². The second-order valence-corrected chi connectivity index (χ2v) is 8.67. The van der Waals surface area contributed by atoms with Crippen molar-refractivity contribution in [1.29, 1.82) is 0 Å². The van der Waals surface area contributed by atoms with Gasteiger partial charge in [0.1, 0.15) is 5.75 Å². The average molecular weight is 489 g/mol. The maximum atomic E-state index is 14.0. The molecule has 5 heteroatoms. The fourth-order valence-corrected chi connectivity index (χ4v) is 4.25. The number of hydrogen-bond acceptors (Lipinski definition) is 4. The number of rotatable bonds is 9. The molecule has 5 rings (SSSR count). The summed E-state index contributed by atoms with van der Waals surface area (Å²) in [4.78, 5) is 20.4. The summed E-state index contributed by atoms with van der Waals surface area (Å²) in [5, 5.41) is 0. The Kier molecular flexibility index (Phi) is 7.42. The Morgan fingerprint density at radius 1 is 0.784 bits per heavy atom. The van der Waals surface area contributed by atoms with E-state index in [1.807, 2.05) is 121 Å². The van der Waals surface area contributed by atoms with E-state index in [1.165, 1.54) is 0 Å². The fourth-order valence-electron chi connectivity index (χ4n) is 4.25. The molecule has 0 atom stereocenters. The molecule has 184 valence electrons. The van der Waals surface area contributed by atoms with Gasteiger partial charge in [0.05, 0.1) is 18.4 Å². The van der Waals surface area contributed by atoms with Gasteiger partial charge in [-0.2, -0.15) is 0 Å². The molecule has 0 radical (unpaired) electrons. The molecule has 0 aliphatic carbocycles. The van der Waals surface area contributed by atoms with Gasteiger partial charge in [0.25, 0.3) is 5.91 Å². The number of carbonyl (C=O) groups excluding carboxylic acids is 1. The van der Waals surface area contributed by atoms with Crippen LogP contribution in [0.15, 0.2) is 120 Å². The predicted octanol–water partition coefficient (Wildman–Crippen LogP) is 7.25. The summed E-state index contributed by atoms with van der Waals surface area (Å²) in [6.07, 6.45) is 1.69. The molecule has 0 spiro atoms. The van der Waals surface area contributed by atoms with Crippen LogP contribution in [0.2, 0.25) is 0 Å². The quantitative estimate of drug-likeness (QED) is 0.219. The molecule has 5 nitrogen and oxygen atoms in total. The maximum Gasteiger partial charge on any atom is 0.255 e. The number of carbonyl (C=O) groups is 1. The zero-order valence-electron chi connectivity index (χ0n) is 20.7. The third-order valence-corrected chi connectivity index (χ3v) is 6.06. The van der Waals surface area contributed by atoms with Crippen LogP contribution in [0.3, 0.4) is 0 Å². The summed E-state index contributed by atoms with van der Waals surface area (Å²) in [6, 6.07) is 35.2. The largest absolute Gasteiger partial charge is 0.494 e. The summed E-state index contributed by atoms with van der Waals surface area (Å²) in [6.45, 7) is 3.55. The van der Waals surface area contributed by atoms with Crippen LogP contribution >= 0.6 is 0 Å². The minimum atomic E-state index is -0.0795. The van der Waals surface area contributed by atoms with Gasteiger partial charge in [-0.05, 0) is 54.4 Å². The Hall–Kier alpha value is -4.64. The Bertz CT molecular complexity index is 1400. The lowest BCUT2D eigenvalue weighted by Gasteiger charge is -2.24. The minimum Gasteiger partial charge on any atom is -0.494 e. The Morgan fingerprint density at radius 2 is 1.38 bits per heavy atom. The fraction of sp³-hybridized carbons (Fsp3) is 0.125. The van der Waals surface area contributed by atoms with E-state index in [1.54, 1.807) is 6.20 Å². The van der Waals surface area contributed by atoms with Crippen LogP contribution in [0.1, 0.15) is 28.4 Å². The zero-order valence-corrected chi connectivity index (χ0v) is 20.7. The van der Waals surface area contributed by atoms with Gasteiger partial charge in [-0.1, -0.05) is 72.8 Å². The molecule has 0 saturated carbocycles. The predicted molar refractivity (Wildman–Crippen MR) is 145 cm³/mol. The van der Waals surface area contributed by atoms with Gasteiger partial charge < -0.3 is 14.1 Å². The molecular weight excluding hydrogens is 460 g/mol. The Morgan fingerprint density at radius 3 is 2.00 bits per heavy atom. The first-order chi connectivity index (χ1) is 18.2. The number of aromatic nitrogens is 1. The standard InChI is InChI=1S/C32H28N2O3/c1-2-36-27-19-17-26(18-20-27)30-21-33-31(37-30)28-15-9-10-16-29(28)32(35)34(22-24-11-5-3-6-12-24)23-25-13-7-4-8-14-25/h3-21H,2,22-23H2,1H3. The normalized spacial score (nSPS) is 10.7. The number of benzene rings is 4. The second-order valence-electron chi connectivity index (χ2n) is 8.67. The van der Waals surface area contributed by atoms with Gasteiger partial charge in [0.2, 0.25) is 5.89 Å². The van der Waals surface area contributed by atoms with E-state index in [-0.39, 0.29) is 5.91 Å². The first-order valence-electron chi connectivity index (χ1n) is 12.4. The highest BCUT2D eigenvalue weighted by atomic mass is 16.5. The van der Waals surface area contributed by atoms with E-state index in [0.29, 0.717) is 42.5 Å². The van der Waals surface area contributed by atoms with Crippen molar-refractivity contribution in [3.63, 3.8) is 0 Å². The van der Waals surface area contributed by atoms with Crippen LogP contribution in [0.4, 0.5) is 0 Å². The van der Waals surface area contributed by atoms with Crippen LogP contribution in [-0.2, 0) is 13.1 Å². The van der Waals surface area contributed by atoms with E-state index in [4.69, 9.17) is 9.15 Å². The van der Waals surface area contributed by atoms with Crippen molar-refractivity contribution in [1.82, 2.24) is 9.88 Å². The van der Waals surface area contributed by atoms with Gasteiger partial charge in [-0.3, -0.25) is 4.79 Å². The van der Waals surface area contributed by atoms with Crippen LogP contribution in [-0.4, -0.2) is 22.4 Å². The molecule has 0 saturated heterocycles. The molecular formula is C32H28N2O3. The maximum absolute atomic E-state index is 14.0. The summed E-state index contributed by atoms with van der Waals surface area (Å²) in [7, 11) is 0. The van der Waals surface area contributed by atoms with Gasteiger partial charge >= 0.3 is 0 Å². The number of oxazole rings is 1. The smallest absolute Gasteiger partial charge is 0.255 e. The molecule has 0 bridgehead atoms. The van der Waals surface area contributed by atoms with Crippen molar-refractivity contribution in [3.05, 3.63) is 132 Å². The topological polar surface area (TPSA) is 55.6 Å². The van der Waals surface area contributed by atoms with Crippen molar-refractivity contribution in [2.75, 3.05) is 6.61 Å². The van der Waals surface area contributed by atoms with Crippen molar-refractivity contribution < 1.29 is 13.9 Å². The van der Waals surface area contributed by atoms with E-state index in [9.17, 15) is 4.79 Å². The Balaban J connectivity index is 1.45. The molecule has 5 aromatic rings. The number of amides is 1. The lowest BCUT2D eigenvalue weighted by molar-refractivity contribution is 0.0730. The third kappa shape index (κ3) is 5.78. The SMILES string of the molecule is CCOc1ccc(-c2cnc(-c3ccccc3C(=O)N(Cc3ccccc3)Cc3ccccc3)o2)cc1. The zero-order chi connectivity index (χ0) is 25.5. The van der Waals surface area contributed by atoms with E-state index in [2.05, 4.69) is 4.98 Å².